The molecule has 2 rings (SSSR count). The first-order valence-electron chi connectivity index (χ1n) is 8.92. The van der Waals surface area contributed by atoms with Gasteiger partial charge in [-0.05, 0) is 36.3 Å². The van der Waals surface area contributed by atoms with Crippen molar-refractivity contribution in [3.05, 3.63) is 59.2 Å². The molecule has 140 valence electrons. The van der Waals surface area contributed by atoms with Gasteiger partial charge in [-0.1, -0.05) is 38.1 Å². The molecule has 0 aliphatic rings. The summed E-state index contributed by atoms with van der Waals surface area (Å²) in [6.07, 6.45) is 0. The zero-order chi connectivity index (χ0) is 18.9. The first-order valence-corrected chi connectivity index (χ1v) is 8.92. The third kappa shape index (κ3) is 4.99. The van der Waals surface area contributed by atoms with Gasteiger partial charge in [0.25, 0.3) is 5.91 Å². The Morgan fingerprint density at radius 1 is 1.00 bits per heavy atom. The molecule has 0 radical (unpaired) electrons. The van der Waals surface area contributed by atoms with Gasteiger partial charge in [0.05, 0.1) is 19.8 Å². The second-order valence-electron chi connectivity index (χ2n) is 5.98. The molecule has 0 aliphatic heterocycles. The van der Waals surface area contributed by atoms with Crippen LogP contribution in [0.5, 0.6) is 11.5 Å². The maximum Gasteiger partial charge on any atom is 0.255 e. The molecular weight excluding hydrogens is 328 g/mol. The Balaban J connectivity index is 2.10. The molecule has 0 unspecified atom stereocenters. The van der Waals surface area contributed by atoms with Gasteiger partial charge in [0.15, 0.2) is 0 Å². The van der Waals surface area contributed by atoms with Crippen LogP contribution in [0.3, 0.4) is 0 Å². The average molecular weight is 356 g/mol. The molecule has 0 spiro atoms. The summed E-state index contributed by atoms with van der Waals surface area (Å²) < 4.78 is 10.5. The Morgan fingerprint density at radius 2 is 1.69 bits per heavy atom. The Morgan fingerprint density at radius 3 is 2.31 bits per heavy atom. The Kier molecular flexibility index (Phi) is 7.48. The summed E-state index contributed by atoms with van der Waals surface area (Å²) in [5.41, 5.74) is 2.85. The SMILES string of the molecule is CCN(CC)Cc1ccccc1CNC(=O)c1ccc(OC)cc1OC. The highest BCUT2D eigenvalue weighted by Gasteiger charge is 2.14. The van der Waals surface area contributed by atoms with Crippen LogP contribution in [-0.2, 0) is 13.1 Å². The van der Waals surface area contributed by atoms with E-state index >= 15 is 0 Å². The van der Waals surface area contributed by atoms with E-state index in [0.717, 1.165) is 25.2 Å². The molecule has 0 atom stereocenters. The number of hydrogen-bond donors (Lipinski definition) is 1. The van der Waals surface area contributed by atoms with Crippen LogP contribution in [0.4, 0.5) is 0 Å². The highest BCUT2D eigenvalue weighted by Crippen LogP contribution is 2.24. The fourth-order valence-corrected chi connectivity index (χ4v) is 2.83. The van der Waals surface area contributed by atoms with Crippen molar-refractivity contribution in [1.82, 2.24) is 10.2 Å². The topological polar surface area (TPSA) is 50.8 Å². The number of carbonyl (C=O) groups is 1. The van der Waals surface area contributed by atoms with Crippen molar-refractivity contribution in [2.75, 3.05) is 27.3 Å². The molecule has 0 saturated carbocycles. The van der Waals surface area contributed by atoms with Crippen molar-refractivity contribution in [1.29, 1.82) is 0 Å². The van der Waals surface area contributed by atoms with Crippen molar-refractivity contribution in [2.45, 2.75) is 26.9 Å². The van der Waals surface area contributed by atoms with E-state index in [1.807, 2.05) is 12.1 Å². The van der Waals surface area contributed by atoms with Gasteiger partial charge < -0.3 is 14.8 Å². The van der Waals surface area contributed by atoms with E-state index in [4.69, 9.17) is 9.47 Å². The van der Waals surface area contributed by atoms with Gasteiger partial charge in [0, 0.05) is 19.2 Å². The molecule has 5 heteroatoms. The van der Waals surface area contributed by atoms with Crippen molar-refractivity contribution < 1.29 is 14.3 Å². The lowest BCUT2D eigenvalue weighted by Gasteiger charge is -2.20. The summed E-state index contributed by atoms with van der Waals surface area (Å²) in [4.78, 5) is 15.0. The summed E-state index contributed by atoms with van der Waals surface area (Å²) in [5.74, 6) is 0.989. The van der Waals surface area contributed by atoms with E-state index < -0.39 is 0 Å². The molecule has 1 N–H and O–H groups in total. The van der Waals surface area contributed by atoms with Gasteiger partial charge in [-0.3, -0.25) is 9.69 Å². The van der Waals surface area contributed by atoms with Crippen molar-refractivity contribution in [3.8, 4) is 11.5 Å². The molecule has 0 heterocycles. The van der Waals surface area contributed by atoms with Crippen LogP contribution in [-0.4, -0.2) is 38.1 Å². The number of amides is 1. The third-order valence-electron chi connectivity index (χ3n) is 4.50. The standard InChI is InChI=1S/C21H28N2O3/c1-5-23(6-2)15-17-10-8-7-9-16(17)14-22-21(24)19-12-11-18(25-3)13-20(19)26-4/h7-13H,5-6,14-15H2,1-4H3,(H,22,24). The van der Waals surface area contributed by atoms with Gasteiger partial charge in [-0.25, -0.2) is 0 Å². The van der Waals surface area contributed by atoms with Crippen molar-refractivity contribution >= 4 is 5.91 Å². The van der Waals surface area contributed by atoms with Gasteiger partial charge in [0.1, 0.15) is 11.5 Å². The second-order valence-corrected chi connectivity index (χ2v) is 5.98. The summed E-state index contributed by atoms with van der Waals surface area (Å²) >= 11 is 0. The highest BCUT2D eigenvalue weighted by molar-refractivity contribution is 5.97. The van der Waals surface area contributed by atoms with E-state index in [1.165, 1.54) is 5.56 Å². The first kappa shape index (κ1) is 19.8. The van der Waals surface area contributed by atoms with Gasteiger partial charge in [-0.15, -0.1) is 0 Å². The highest BCUT2D eigenvalue weighted by atomic mass is 16.5. The molecule has 5 nitrogen and oxygen atoms in total. The van der Waals surface area contributed by atoms with Crippen LogP contribution in [0.2, 0.25) is 0 Å². The minimum Gasteiger partial charge on any atom is -0.497 e. The number of hydrogen-bond acceptors (Lipinski definition) is 4. The number of nitrogens with zero attached hydrogens (tertiary/aromatic N) is 1. The van der Waals surface area contributed by atoms with Crippen molar-refractivity contribution in [2.24, 2.45) is 0 Å². The lowest BCUT2D eigenvalue weighted by Crippen LogP contribution is -2.26. The van der Waals surface area contributed by atoms with E-state index in [2.05, 4.69) is 36.2 Å². The number of ether oxygens (including phenoxy) is 2. The molecule has 26 heavy (non-hydrogen) atoms. The maximum absolute atomic E-state index is 12.6. The quantitative estimate of drug-likeness (QED) is 0.747. The molecule has 0 saturated heterocycles. The van der Waals surface area contributed by atoms with Crippen molar-refractivity contribution in [3.63, 3.8) is 0 Å². The van der Waals surface area contributed by atoms with Gasteiger partial charge >= 0.3 is 0 Å². The zero-order valence-corrected chi connectivity index (χ0v) is 16.0. The van der Waals surface area contributed by atoms with Crippen LogP contribution in [0.25, 0.3) is 0 Å². The Labute approximate surface area is 155 Å². The molecule has 0 aromatic heterocycles. The summed E-state index contributed by atoms with van der Waals surface area (Å²) in [5, 5.41) is 3.00. The average Bonchev–Trinajstić information content (AvgIpc) is 2.70. The van der Waals surface area contributed by atoms with Gasteiger partial charge in [-0.2, -0.15) is 0 Å². The minimum atomic E-state index is -0.165. The maximum atomic E-state index is 12.6. The predicted molar refractivity (Wildman–Crippen MR) is 104 cm³/mol. The smallest absolute Gasteiger partial charge is 0.255 e. The van der Waals surface area contributed by atoms with E-state index in [1.54, 1.807) is 32.4 Å². The molecule has 2 aromatic rings. The fraction of sp³-hybridized carbons (Fsp3) is 0.381. The van der Waals surface area contributed by atoms with E-state index in [0.29, 0.717) is 23.6 Å². The third-order valence-corrected chi connectivity index (χ3v) is 4.50. The lowest BCUT2D eigenvalue weighted by atomic mass is 10.1. The predicted octanol–water partition coefficient (Wildman–Crippen LogP) is 3.48. The van der Waals surface area contributed by atoms with Crippen LogP contribution >= 0.6 is 0 Å². The first-order chi connectivity index (χ1) is 12.6. The normalized spacial score (nSPS) is 10.7. The van der Waals surface area contributed by atoms with E-state index in [-0.39, 0.29) is 5.91 Å². The summed E-state index contributed by atoms with van der Waals surface area (Å²) in [7, 11) is 3.13. The Bertz CT molecular complexity index is 727. The molecule has 2 aromatic carbocycles. The van der Waals surface area contributed by atoms with Crippen LogP contribution < -0.4 is 14.8 Å². The Hall–Kier alpha value is -2.53. The number of carbonyl (C=O) groups excluding carboxylic acids is 1. The molecule has 0 fully saturated rings. The molecule has 0 bridgehead atoms. The number of nitrogens with one attached hydrogen (secondary N) is 1. The minimum absolute atomic E-state index is 0.165. The van der Waals surface area contributed by atoms with E-state index in [9.17, 15) is 4.79 Å². The largest absolute Gasteiger partial charge is 0.497 e. The molecule has 1 amide bonds. The monoisotopic (exact) mass is 356 g/mol. The second kappa shape index (κ2) is 9.82. The van der Waals surface area contributed by atoms with Crippen LogP contribution in [0.1, 0.15) is 35.3 Å². The lowest BCUT2D eigenvalue weighted by molar-refractivity contribution is 0.0947. The van der Waals surface area contributed by atoms with Gasteiger partial charge in [0.2, 0.25) is 0 Å². The van der Waals surface area contributed by atoms with Crippen LogP contribution in [0.15, 0.2) is 42.5 Å². The van der Waals surface area contributed by atoms with Crippen LogP contribution in [0, 0.1) is 0 Å². The zero-order valence-electron chi connectivity index (χ0n) is 16.0. The fourth-order valence-electron chi connectivity index (χ4n) is 2.83. The molecular formula is C21H28N2O3. The summed E-state index contributed by atoms with van der Waals surface area (Å²) in [6.45, 7) is 7.67. The summed E-state index contributed by atoms with van der Waals surface area (Å²) in [6, 6.07) is 13.4. The number of methoxy groups -OCH3 is 2. The number of benzene rings is 2. The molecule has 0 aliphatic carbocycles. The number of rotatable bonds is 9.